The Balaban J connectivity index is 2.26. The van der Waals surface area contributed by atoms with E-state index in [4.69, 9.17) is 4.74 Å². The second-order valence-corrected chi connectivity index (χ2v) is 4.89. The van der Waals surface area contributed by atoms with Gasteiger partial charge in [-0.3, -0.25) is 9.59 Å². The first-order valence-electron chi connectivity index (χ1n) is 5.59. The van der Waals surface area contributed by atoms with Crippen LogP contribution in [-0.4, -0.2) is 35.3 Å². The normalized spacial score (nSPS) is 26.2. The molecule has 16 heavy (non-hydrogen) atoms. The summed E-state index contributed by atoms with van der Waals surface area (Å²) in [6.45, 7) is 6.22. The lowest BCUT2D eigenvalue weighted by Crippen LogP contribution is -2.65. The van der Waals surface area contributed by atoms with Gasteiger partial charge in [0.15, 0.2) is 0 Å². The van der Waals surface area contributed by atoms with Gasteiger partial charge in [-0.05, 0) is 6.92 Å². The summed E-state index contributed by atoms with van der Waals surface area (Å²) in [5, 5.41) is 0. The minimum atomic E-state index is -0.423. The monoisotopic (exact) mass is 223 g/mol. The van der Waals surface area contributed by atoms with Crippen molar-refractivity contribution < 1.29 is 14.3 Å². The van der Waals surface area contributed by atoms with Gasteiger partial charge in [0.2, 0.25) is 5.91 Å². The molecule has 4 nitrogen and oxygen atoms in total. The van der Waals surface area contributed by atoms with Gasteiger partial charge in [-0.15, -0.1) is 0 Å². The maximum Gasteiger partial charge on any atom is 0.229 e. The molecular weight excluding hydrogens is 206 g/mol. The summed E-state index contributed by atoms with van der Waals surface area (Å²) in [4.78, 5) is 25.3. The van der Waals surface area contributed by atoms with E-state index in [9.17, 15) is 9.59 Å². The quantitative estimate of drug-likeness (QED) is 0.701. The molecular formula is C12H17NO3. The molecule has 1 amide bonds. The van der Waals surface area contributed by atoms with Gasteiger partial charge in [0, 0.05) is 12.1 Å². The molecule has 88 valence electrons. The number of Topliss-reactive ketones (excluding diaryl/α,β-unsaturated/α-hetero) is 1. The van der Waals surface area contributed by atoms with E-state index in [1.165, 1.54) is 0 Å². The second kappa shape index (κ2) is 3.70. The van der Waals surface area contributed by atoms with E-state index in [1.807, 2.05) is 19.9 Å². The van der Waals surface area contributed by atoms with E-state index >= 15 is 0 Å². The molecule has 0 aromatic rings. The number of hydrogen-bond donors (Lipinski definition) is 0. The molecule has 2 heterocycles. The Morgan fingerprint density at radius 3 is 2.44 bits per heavy atom. The van der Waals surface area contributed by atoms with Crippen molar-refractivity contribution in [2.75, 3.05) is 13.2 Å². The van der Waals surface area contributed by atoms with Crippen LogP contribution in [0.2, 0.25) is 0 Å². The van der Waals surface area contributed by atoms with Crippen LogP contribution in [0.5, 0.6) is 0 Å². The van der Waals surface area contributed by atoms with Crippen LogP contribution in [0, 0.1) is 11.8 Å². The van der Waals surface area contributed by atoms with Gasteiger partial charge < -0.3 is 9.64 Å². The summed E-state index contributed by atoms with van der Waals surface area (Å²) >= 11 is 0. The van der Waals surface area contributed by atoms with Gasteiger partial charge in [0.1, 0.15) is 11.3 Å². The zero-order valence-corrected chi connectivity index (χ0v) is 9.90. The summed E-state index contributed by atoms with van der Waals surface area (Å²) in [5.74, 6) is -0.112. The number of hydrogen-bond acceptors (Lipinski definition) is 3. The fourth-order valence-corrected chi connectivity index (χ4v) is 2.36. The van der Waals surface area contributed by atoms with Crippen molar-refractivity contribution in [3.63, 3.8) is 0 Å². The third kappa shape index (κ3) is 1.40. The highest BCUT2D eigenvalue weighted by Crippen LogP contribution is 2.40. The van der Waals surface area contributed by atoms with E-state index < -0.39 is 5.54 Å². The Hall–Kier alpha value is -1.16. The number of carbonyl (C=O) groups excluding carboxylic acids is 2. The van der Waals surface area contributed by atoms with Gasteiger partial charge in [0.05, 0.1) is 19.1 Å². The van der Waals surface area contributed by atoms with E-state index in [0.717, 1.165) is 0 Å². The Morgan fingerprint density at radius 2 is 2.06 bits per heavy atom. The van der Waals surface area contributed by atoms with Gasteiger partial charge in [-0.25, -0.2) is 0 Å². The summed E-state index contributed by atoms with van der Waals surface area (Å²) in [7, 11) is 0. The van der Waals surface area contributed by atoms with Gasteiger partial charge in [0.25, 0.3) is 0 Å². The fourth-order valence-electron chi connectivity index (χ4n) is 2.36. The number of carbonyl (C=O) groups is 2. The van der Waals surface area contributed by atoms with Gasteiger partial charge in [-0.1, -0.05) is 19.9 Å². The molecule has 1 saturated heterocycles. The zero-order valence-electron chi connectivity index (χ0n) is 9.90. The average Bonchev–Trinajstić information content (AvgIpc) is 2.54. The minimum Gasteiger partial charge on any atom is -0.376 e. The van der Waals surface area contributed by atoms with Crippen LogP contribution in [-0.2, 0) is 14.3 Å². The molecule has 0 aliphatic carbocycles. The van der Waals surface area contributed by atoms with Crippen LogP contribution in [0.3, 0.4) is 0 Å². The molecule has 2 aliphatic heterocycles. The topological polar surface area (TPSA) is 46.6 Å². The van der Waals surface area contributed by atoms with Crippen molar-refractivity contribution in [1.82, 2.24) is 4.90 Å². The fraction of sp³-hybridized carbons (Fsp3) is 0.667. The van der Waals surface area contributed by atoms with E-state index in [0.29, 0.717) is 13.2 Å². The second-order valence-electron chi connectivity index (χ2n) is 4.89. The maximum absolute atomic E-state index is 12.0. The Morgan fingerprint density at radius 1 is 1.44 bits per heavy atom. The molecule has 2 aliphatic rings. The molecule has 0 N–H and O–H groups in total. The maximum atomic E-state index is 12.0. The van der Waals surface area contributed by atoms with E-state index in [-0.39, 0.29) is 23.5 Å². The molecule has 2 rings (SSSR count). The van der Waals surface area contributed by atoms with E-state index in [2.05, 4.69) is 0 Å². The van der Waals surface area contributed by atoms with Crippen molar-refractivity contribution in [3.8, 4) is 0 Å². The van der Waals surface area contributed by atoms with Crippen molar-refractivity contribution in [1.29, 1.82) is 0 Å². The number of ether oxygens (including phenoxy) is 1. The number of amides is 1. The first kappa shape index (κ1) is 11.3. The summed E-state index contributed by atoms with van der Waals surface area (Å²) < 4.78 is 5.21. The number of rotatable bonds is 2. The first-order chi connectivity index (χ1) is 7.49. The molecule has 0 radical (unpaired) electrons. The van der Waals surface area contributed by atoms with Crippen molar-refractivity contribution in [3.05, 3.63) is 12.3 Å². The lowest BCUT2D eigenvalue weighted by molar-refractivity contribution is -0.168. The van der Waals surface area contributed by atoms with Crippen LogP contribution < -0.4 is 0 Å². The van der Waals surface area contributed by atoms with Crippen molar-refractivity contribution in [2.45, 2.75) is 26.3 Å². The van der Waals surface area contributed by atoms with Crippen LogP contribution >= 0.6 is 0 Å². The highest BCUT2D eigenvalue weighted by molar-refractivity contribution is 5.87. The van der Waals surface area contributed by atoms with Gasteiger partial charge in [-0.2, -0.15) is 0 Å². The van der Waals surface area contributed by atoms with Crippen LogP contribution in [0.25, 0.3) is 0 Å². The Kier molecular flexibility index (Phi) is 2.62. The minimum absolute atomic E-state index is 0.0586. The lowest BCUT2D eigenvalue weighted by Gasteiger charge is -2.48. The summed E-state index contributed by atoms with van der Waals surface area (Å²) in [6.07, 6.45) is 3.57. The third-order valence-corrected chi connectivity index (χ3v) is 3.36. The van der Waals surface area contributed by atoms with Crippen LogP contribution in [0.4, 0.5) is 0 Å². The molecule has 0 aromatic heterocycles. The zero-order chi connectivity index (χ0) is 11.9. The molecule has 0 saturated carbocycles. The molecule has 1 fully saturated rings. The van der Waals surface area contributed by atoms with E-state index in [1.54, 1.807) is 18.0 Å². The molecule has 0 bridgehead atoms. The van der Waals surface area contributed by atoms with Gasteiger partial charge >= 0.3 is 0 Å². The van der Waals surface area contributed by atoms with Crippen LogP contribution in [0.15, 0.2) is 12.3 Å². The lowest BCUT2D eigenvalue weighted by atomic mass is 9.80. The third-order valence-electron chi connectivity index (χ3n) is 3.36. The molecule has 1 spiro atoms. The number of ketones is 1. The Labute approximate surface area is 95.2 Å². The predicted molar refractivity (Wildman–Crippen MR) is 58.5 cm³/mol. The standard InChI is InChI=1S/C12H17NO3/c1-8(2)11(15)13-5-4-10(9(3)14)12(13)6-16-7-12/h4-5,8,10H,6-7H2,1-3H3. The number of nitrogens with zero attached hydrogens (tertiary/aromatic N) is 1. The SMILES string of the molecule is CC(=O)C1C=CN(C(=O)C(C)C)C12COC2. The largest absolute Gasteiger partial charge is 0.376 e. The highest BCUT2D eigenvalue weighted by atomic mass is 16.5. The predicted octanol–water partition coefficient (Wildman–Crippen LogP) is 0.972. The molecule has 1 unspecified atom stereocenters. The van der Waals surface area contributed by atoms with Crippen molar-refractivity contribution >= 4 is 11.7 Å². The highest BCUT2D eigenvalue weighted by Gasteiger charge is 2.55. The summed E-state index contributed by atoms with van der Waals surface area (Å²) in [6, 6.07) is 0. The summed E-state index contributed by atoms with van der Waals surface area (Å²) in [5.41, 5.74) is -0.423. The first-order valence-corrected chi connectivity index (χ1v) is 5.59. The van der Waals surface area contributed by atoms with Crippen molar-refractivity contribution in [2.24, 2.45) is 11.8 Å². The molecule has 4 heteroatoms. The smallest absolute Gasteiger partial charge is 0.229 e. The molecule has 1 atom stereocenters. The molecule has 0 aromatic carbocycles. The Bertz CT molecular complexity index is 355. The average molecular weight is 223 g/mol. The van der Waals surface area contributed by atoms with Crippen LogP contribution in [0.1, 0.15) is 20.8 Å².